The SMILES string of the molecule is NC(CCCC(=O)O)c1ccc(Br)cc1. The van der Waals surface area contributed by atoms with Gasteiger partial charge in [-0.1, -0.05) is 28.1 Å². The van der Waals surface area contributed by atoms with Crippen LogP contribution >= 0.6 is 15.9 Å². The normalized spacial score (nSPS) is 12.4. The van der Waals surface area contributed by atoms with Crippen molar-refractivity contribution in [2.45, 2.75) is 25.3 Å². The van der Waals surface area contributed by atoms with Crippen molar-refractivity contribution in [3.05, 3.63) is 34.3 Å². The predicted molar refractivity (Wildman–Crippen MR) is 62.6 cm³/mol. The van der Waals surface area contributed by atoms with Crippen LogP contribution in [-0.2, 0) is 4.79 Å². The number of hydrogen-bond donors (Lipinski definition) is 2. The molecule has 3 N–H and O–H groups in total. The van der Waals surface area contributed by atoms with Crippen LogP contribution < -0.4 is 5.73 Å². The average molecular weight is 272 g/mol. The molecule has 0 radical (unpaired) electrons. The van der Waals surface area contributed by atoms with E-state index in [2.05, 4.69) is 15.9 Å². The van der Waals surface area contributed by atoms with Crippen LogP contribution in [0.2, 0.25) is 0 Å². The van der Waals surface area contributed by atoms with Crippen molar-refractivity contribution in [1.82, 2.24) is 0 Å². The van der Waals surface area contributed by atoms with Crippen molar-refractivity contribution >= 4 is 21.9 Å². The fraction of sp³-hybridized carbons (Fsp3) is 0.364. The maximum absolute atomic E-state index is 10.3. The molecule has 82 valence electrons. The van der Waals surface area contributed by atoms with Gasteiger partial charge in [0.1, 0.15) is 0 Å². The fourth-order valence-electron chi connectivity index (χ4n) is 1.35. The average Bonchev–Trinajstić information content (AvgIpc) is 2.18. The van der Waals surface area contributed by atoms with Gasteiger partial charge in [-0.25, -0.2) is 0 Å². The van der Waals surface area contributed by atoms with Crippen molar-refractivity contribution in [2.24, 2.45) is 5.73 Å². The summed E-state index contributed by atoms with van der Waals surface area (Å²) in [6.45, 7) is 0. The summed E-state index contributed by atoms with van der Waals surface area (Å²) in [7, 11) is 0. The van der Waals surface area contributed by atoms with E-state index in [1.165, 1.54) is 0 Å². The third kappa shape index (κ3) is 4.44. The number of benzene rings is 1. The molecule has 1 aromatic carbocycles. The first-order valence-electron chi connectivity index (χ1n) is 4.82. The van der Waals surface area contributed by atoms with Gasteiger partial charge in [0.05, 0.1) is 0 Å². The van der Waals surface area contributed by atoms with Crippen LogP contribution in [0.3, 0.4) is 0 Å². The van der Waals surface area contributed by atoms with Crippen LogP contribution in [0.4, 0.5) is 0 Å². The van der Waals surface area contributed by atoms with E-state index in [4.69, 9.17) is 10.8 Å². The summed E-state index contributed by atoms with van der Waals surface area (Å²) >= 11 is 3.35. The Bertz CT molecular complexity index is 324. The lowest BCUT2D eigenvalue weighted by molar-refractivity contribution is -0.137. The van der Waals surface area contributed by atoms with Crippen LogP contribution in [-0.4, -0.2) is 11.1 Å². The largest absolute Gasteiger partial charge is 0.481 e. The summed E-state index contributed by atoms with van der Waals surface area (Å²) < 4.78 is 1.02. The van der Waals surface area contributed by atoms with E-state index < -0.39 is 5.97 Å². The number of carboxylic acid groups (broad SMARTS) is 1. The number of nitrogens with two attached hydrogens (primary N) is 1. The molecule has 0 amide bonds. The van der Waals surface area contributed by atoms with E-state index in [9.17, 15) is 4.79 Å². The molecule has 1 unspecified atom stereocenters. The lowest BCUT2D eigenvalue weighted by Gasteiger charge is -2.10. The van der Waals surface area contributed by atoms with E-state index in [0.717, 1.165) is 10.0 Å². The van der Waals surface area contributed by atoms with Gasteiger partial charge in [0.15, 0.2) is 0 Å². The minimum atomic E-state index is -0.766. The number of hydrogen-bond acceptors (Lipinski definition) is 2. The molecule has 0 saturated carbocycles. The van der Waals surface area contributed by atoms with Gasteiger partial charge in [-0.2, -0.15) is 0 Å². The van der Waals surface area contributed by atoms with Crippen molar-refractivity contribution in [3.8, 4) is 0 Å². The van der Waals surface area contributed by atoms with E-state index >= 15 is 0 Å². The van der Waals surface area contributed by atoms with Crippen molar-refractivity contribution in [3.63, 3.8) is 0 Å². The highest BCUT2D eigenvalue weighted by Gasteiger charge is 2.06. The lowest BCUT2D eigenvalue weighted by Crippen LogP contribution is -2.10. The summed E-state index contributed by atoms with van der Waals surface area (Å²) in [4.78, 5) is 10.3. The molecule has 0 aliphatic heterocycles. The Balaban J connectivity index is 2.43. The Kier molecular flexibility index (Phi) is 4.78. The van der Waals surface area contributed by atoms with Crippen molar-refractivity contribution in [2.75, 3.05) is 0 Å². The van der Waals surface area contributed by atoms with E-state index in [-0.39, 0.29) is 12.5 Å². The molecular formula is C11H14BrNO2. The number of halogens is 1. The zero-order chi connectivity index (χ0) is 11.3. The Morgan fingerprint density at radius 3 is 2.53 bits per heavy atom. The molecule has 0 aromatic heterocycles. The maximum atomic E-state index is 10.3. The predicted octanol–water partition coefficient (Wildman–Crippen LogP) is 2.70. The maximum Gasteiger partial charge on any atom is 0.303 e. The van der Waals surface area contributed by atoms with E-state index in [1.54, 1.807) is 0 Å². The molecule has 0 heterocycles. The van der Waals surface area contributed by atoms with Gasteiger partial charge in [-0.05, 0) is 30.5 Å². The standard InChI is InChI=1S/C11H14BrNO2/c12-9-6-4-8(5-7-9)10(13)2-1-3-11(14)15/h4-7,10H,1-3,13H2,(H,14,15). The Hall–Kier alpha value is -0.870. The quantitative estimate of drug-likeness (QED) is 0.866. The second-order valence-electron chi connectivity index (χ2n) is 3.44. The zero-order valence-corrected chi connectivity index (χ0v) is 9.90. The van der Waals surface area contributed by atoms with Gasteiger partial charge >= 0.3 is 5.97 Å². The van der Waals surface area contributed by atoms with Crippen LogP contribution in [0.1, 0.15) is 30.9 Å². The topological polar surface area (TPSA) is 63.3 Å². The summed E-state index contributed by atoms with van der Waals surface area (Å²) in [5.74, 6) is -0.766. The molecule has 15 heavy (non-hydrogen) atoms. The monoisotopic (exact) mass is 271 g/mol. The number of aliphatic carboxylic acids is 1. The molecule has 0 saturated heterocycles. The Morgan fingerprint density at radius 1 is 1.40 bits per heavy atom. The highest BCUT2D eigenvalue weighted by molar-refractivity contribution is 9.10. The molecule has 0 aliphatic carbocycles. The van der Waals surface area contributed by atoms with Crippen LogP contribution in [0, 0.1) is 0 Å². The van der Waals surface area contributed by atoms with Crippen LogP contribution in [0.25, 0.3) is 0 Å². The molecule has 1 rings (SSSR count). The highest BCUT2D eigenvalue weighted by atomic mass is 79.9. The second-order valence-corrected chi connectivity index (χ2v) is 4.36. The number of rotatable bonds is 5. The summed E-state index contributed by atoms with van der Waals surface area (Å²) in [5, 5.41) is 8.49. The van der Waals surface area contributed by atoms with Gasteiger partial charge in [-0.3, -0.25) is 4.79 Å². The summed E-state index contributed by atoms with van der Waals surface area (Å²) in [6.07, 6.45) is 1.50. The molecule has 3 nitrogen and oxygen atoms in total. The van der Waals surface area contributed by atoms with Gasteiger partial charge in [0.2, 0.25) is 0 Å². The van der Waals surface area contributed by atoms with Gasteiger partial charge in [0.25, 0.3) is 0 Å². The Morgan fingerprint density at radius 2 is 2.00 bits per heavy atom. The highest BCUT2D eigenvalue weighted by Crippen LogP contribution is 2.19. The molecule has 0 aliphatic rings. The van der Waals surface area contributed by atoms with E-state index in [0.29, 0.717) is 12.8 Å². The number of carbonyl (C=O) groups is 1. The molecule has 1 aromatic rings. The molecule has 0 fully saturated rings. The first-order chi connectivity index (χ1) is 7.09. The minimum Gasteiger partial charge on any atom is -0.481 e. The minimum absolute atomic E-state index is 0.0718. The Labute approximate surface area is 97.4 Å². The van der Waals surface area contributed by atoms with Gasteiger partial charge in [-0.15, -0.1) is 0 Å². The van der Waals surface area contributed by atoms with Crippen molar-refractivity contribution in [1.29, 1.82) is 0 Å². The zero-order valence-electron chi connectivity index (χ0n) is 8.32. The van der Waals surface area contributed by atoms with Crippen LogP contribution in [0.15, 0.2) is 28.7 Å². The summed E-state index contributed by atoms with van der Waals surface area (Å²) in [5.41, 5.74) is 6.97. The number of carboxylic acids is 1. The summed E-state index contributed by atoms with van der Waals surface area (Å²) in [6, 6.07) is 7.71. The van der Waals surface area contributed by atoms with Gasteiger partial charge in [0, 0.05) is 16.9 Å². The smallest absolute Gasteiger partial charge is 0.303 e. The third-order valence-electron chi connectivity index (χ3n) is 2.20. The van der Waals surface area contributed by atoms with Gasteiger partial charge < -0.3 is 10.8 Å². The molecule has 1 atom stereocenters. The fourth-order valence-corrected chi connectivity index (χ4v) is 1.61. The lowest BCUT2D eigenvalue weighted by atomic mass is 10.0. The van der Waals surface area contributed by atoms with Crippen molar-refractivity contribution < 1.29 is 9.90 Å². The third-order valence-corrected chi connectivity index (χ3v) is 2.73. The first-order valence-corrected chi connectivity index (χ1v) is 5.61. The molecule has 0 spiro atoms. The van der Waals surface area contributed by atoms with Crippen LogP contribution in [0.5, 0.6) is 0 Å². The van der Waals surface area contributed by atoms with E-state index in [1.807, 2.05) is 24.3 Å². The molecular weight excluding hydrogens is 258 g/mol. The first kappa shape index (κ1) is 12.2. The second kappa shape index (κ2) is 5.88. The molecule has 0 bridgehead atoms. The molecule has 4 heteroatoms.